The molecule has 184 valence electrons. The Morgan fingerprint density at radius 3 is 2.68 bits per heavy atom. The van der Waals surface area contributed by atoms with Gasteiger partial charge in [-0.15, -0.1) is 24.2 Å². The molecule has 9 heteroatoms. The van der Waals surface area contributed by atoms with E-state index in [2.05, 4.69) is 36.1 Å². The number of amides is 1. The van der Waals surface area contributed by atoms with E-state index in [-0.39, 0.29) is 18.3 Å². The second-order valence-corrected chi connectivity index (χ2v) is 10.8. The van der Waals surface area contributed by atoms with E-state index < -0.39 is 0 Å². The summed E-state index contributed by atoms with van der Waals surface area (Å²) in [6.07, 6.45) is 2.26. The number of fused-ring (bicyclic) bond motifs is 1. The fourth-order valence-corrected chi connectivity index (χ4v) is 5.97. The SMILES string of the molecule is Cc1ccc(SCCCC(=O)N(CCCN2CCOCC2)c2nc3c(Cl)cccc3s2)cc1.Cl. The highest BCUT2D eigenvalue weighted by Crippen LogP contribution is 2.33. The number of anilines is 1. The molecule has 0 aliphatic carbocycles. The van der Waals surface area contributed by atoms with Gasteiger partial charge in [-0.25, -0.2) is 4.98 Å². The van der Waals surface area contributed by atoms with Crippen molar-refractivity contribution in [1.29, 1.82) is 0 Å². The van der Waals surface area contributed by atoms with Gasteiger partial charge in [0.25, 0.3) is 0 Å². The number of carbonyl (C=O) groups excluding carboxylic acids is 1. The van der Waals surface area contributed by atoms with Gasteiger partial charge in [-0.3, -0.25) is 14.6 Å². The highest BCUT2D eigenvalue weighted by atomic mass is 35.5. The maximum absolute atomic E-state index is 13.3. The quantitative estimate of drug-likeness (QED) is 0.223. The number of thioether (sulfide) groups is 1. The van der Waals surface area contributed by atoms with Crippen LogP contribution in [0.15, 0.2) is 47.4 Å². The standard InChI is InChI=1S/C25H30ClN3O2S2.ClH/c1-19-8-10-20(11-9-19)32-18-3-7-23(30)29(13-4-12-28-14-16-31-17-15-28)25-27-24-21(26)5-2-6-22(24)33-25;/h2,5-6,8-11H,3-4,7,12-18H2,1H3;1H. The molecular weight excluding hydrogens is 509 g/mol. The maximum Gasteiger partial charge on any atom is 0.228 e. The lowest BCUT2D eigenvalue weighted by Gasteiger charge is -2.27. The van der Waals surface area contributed by atoms with Crippen molar-refractivity contribution >= 4 is 68.4 Å². The lowest BCUT2D eigenvalue weighted by atomic mass is 10.2. The largest absolute Gasteiger partial charge is 0.379 e. The average Bonchev–Trinajstić information content (AvgIpc) is 3.26. The molecule has 1 aliphatic rings. The molecule has 1 saturated heterocycles. The molecule has 4 rings (SSSR count). The molecule has 1 fully saturated rings. The second kappa shape index (κ2) is 13.7. The topological polar surface area (TPSA) is 45.7 Å². The van der Waals surface area contributed by atoms with Crippen LogP contribution in [0.4, 0.5) is 5.13 Å². The van der Waals surface area contributed by atoms with E-state index in [9.17, 15) is 4.79 Å². The van der Waals surface area contributed by atoms with Gasteiger partial charge in [0.15, 0.2) is 5.13 Å². The average molecular weight is 541 g/mol. The monoisotopic (exact) mass is 539 g/mol. The van der Waals surface area contributed by atoms with Crippen molar-refractivity contribution in [2.45, 2.75) is 31.1 Å². The molecule has 1 aliphatic heterocycles. The molecule has 0 atom stereocenters. The van der Waals surface area contributed by atoms with E-state index >= 15 is 0 Å². The Bertz CT molecular complexity index is 1060. The Morgan fingerprint density at radius 1 is 1.18 bits per heavy atom. The minimum absolute atomic E-state index is 0. The van der Waals surface area contributed by atoms with Gasteiger partial charge in [0.1, 0.15) is 5.52 Å². The molecule has 2 heterocycles. The van der Waals surface area contributed by atoms with Crippen molar-refractivity contribution in [3.8, 4) is 0 Å². The predicted molar refractivity (Wildman–Crippen MR) is 147 cm³/mol. The van der Waals surface area contributed by atoms with Gasteiger partial charge in [-0.05, 0) is 49.8 Å². The number of benzene rings is 2. The number of halogens is 2. The summed E-state index contributed by atoms with van der Waals surface area (Å²) in [5, 5.41) is 1.38. The number of carbonyl (C=O) groups is 1. The van der Waals surface area contributed by atoms with E-state index in [1.54, 1.807) is 23.1 Å². The van der Waals surface area contributed by atoms with E-state index in [1.165, 1.54) is 10.5 Å². The molecule has 34 heavy (non-hydrogen) atoms. The van der Waals surface area contributed by atoms with Crippen molar-refractivity contribution in [2.24, 2.45) is 0 Å². The number of ether oxygens (including phenoxy) is 1. The molecule has 1 aromatic heterocycles. The highest BCUT2D eigenvalue weighted by molar-refractivity contribution is 7.99. The van der Waals surface area contributed by atoms with Gasteiger partial charge >= 0.3 is 0 Å². The molecule has 0 saturated carbocycles. The van der Waals surface area contributed by atoms with Crippen molar-refractivity contribution in [1.82, 2.24) is 9.88 Å². The highest BCUT2D eigenvalue weighted by Gasteiger charge is 2.21. The van der Waals surface area contributed by atoms with Crippen molar-refractivity contribution in [2.75, 3.05) is 50.0 Å². The van der Waals surface area contributed by atoms with Crippen LogP contribution in [0.2, 0.25) is 5.02 Å². The van der Waals surface area contributed by atoms with Gasteiger partial charge in [-0.1, -0.05) is 46.7 Å². The van der Waals surface area contributed by atoms with Crippen LogP contribution in [-0.2, 0) is 9.53 Å². The van der Waals surface area contributed by atoms with Crippen LogP contribution in [0.25, 0.3) is 10.2 Å². The van der Waals surface area contributed by atoms with Crippen molar-refractivity contribution in [3.05, 3.63) is 53.1 Å². The molecule has 0 N–H and O–H groups in total. The van der Waals surface area contributed by atoms with E-state index in [1.807, 2.05) is 23.1 Å². The van der Waals surface area contributed by atoms with Gasteiger partial charge in [0.2, 0.25) is 5.91 Å². The second-order valence-electron chi connectivity index (χ2n) is 8.20. The first-order chi connectivity index (χ1) is 16.1. The first-order valence-electron chi connectivity index (χ1n) is 11.4. The molecule has 5 nitrogen and oxygen atoms in total. The molecule has 3 aromatic rings. The molecule has 0 unspecified atom stereocenters. The van der Waals surface area contributed by atoms with Crippen molar-refractivity contribution in [3.63, 3.8) is 0 Å². The summed E-state index contributed by atoms with van der Waals surface area (Å²) < 4.78 is 6.46. The number of thiazole rings is 1. The lowest BCUT2D eigenvalue weighted by Crippen LogP contribution is -2.39. The lowest BCUT2D eigenvalue weighted by molar-refractivity contribution is -0.118. The number of morpholine rings is 1. The summed E-state index contributed by atoms with van der Waals surface area (Å²) in [6.45, 7) is 7.22. The smallest absolute Gasteiger partial charge is 0.228 e. The predicted octanol–water partition coefficient (Wildman–Crippen LogP) is 6.31. The Kier molecular flexibility index (Phi) is 10.9. The third-order valence-electron chi connectivity index (χ3n) is 5.67. The van der Waals surface area contributed by atoms with Crippen LogP contribution >= 0.6 is 47.1 Å². The van der Waals surface area contributed by atoms with Crippen LogP contribution < -0.4 is 4.90 Å². The molecule has 0 radical (unpaired) electrons. The van der Waals surface area contributed by atoms with E-state index in [0.717, 1.165) is 66.8 Å². The summed E-state index contributed by atoms with van der Waals surface area (Å²) in [5.41, 5.74) is 2.04. The zero-order chi connectivity index (χ0) is 23.0. The maximum atomic E-state index is 13.3. The number of para-hydroxylation sites is 1. The fraction of sp³-hybridized carbons (Fsp3) is 0.440. The van der Waals surface area contributed by atoms with Gasteiger partial charge in [0.05, 0.1) is 22.9 Å². The fourth-order valence-electron chi connectivity index (χ4n) is 3.81. The zero-order valence-electron chi connectivity index (χ0n) is 19.4. The number of aryl methyl sites for hydroxylation is 1. The number of aromatic nitrogens is 1. The first kappa shape index (κ1) is 27.2. The summed E-state index contributed by atoms with van der Waals surface area (Å²) in [5.74, 6) is 1.05. The van der Waals surface area contributed by atoms with Crippen LogP contribution in [-0.4, -0.2) is 60.9 Å². The van der Waals surface area contributed by atoms with Gasteiger partial charge in [-0.2, -0.15) is 0 Å². The normalized spacial score (nSPS) is 14.2. The minimum Gasteiger partial charge on any atom is -0.379 e. The number of hydrogen-bond donors (Lipinski definition) is 0. The third-order valence-corrected chi connectivity index (χ3v) is 8.12. The van der Waals surface area contributed by atoms with Crippen LogP contribution in [0.3, 0.4) is 0 Å². The molecule has 0 bridgehead atoms. The number of nitrogens with zero attached hydrogens (tertiary/aromatic N) is 3. The van der Waals surface area contributed by atoms with Gasteiger partial charge in [0, 0.05) is 37.5 Å². The first-order valence-corrected chi connectivity index (χ1v) is 13.6. The molecule has 0 spiro atoms. The summed E-state index contributed by atoms with van der Waals surface area (Å²) >= 11 is 9.69. The minimum atomic E-state index is 0. The van der Waals surface area contributed by atoms with Crippen LogP contribution in [0, 0.1) is 6.92 Å². The Hall–Kier alpha value is -1.35. The Morgan fingerprint density at radius 2 is 1.94 bits per heavy atom. The van der Waals surface area contributed by atoms with Crippen LogP contribution in [0.1, 0.15) is 24.8 Å². The summed E-state index contributed by atoms with van der Waals surface area (Å²) in [6, 6.07) is 14.3. The summed E-state index contributed by atoms with van der Waals surface area (Å²) in [4.78, 5) is 23.5. The Labute approximate surface area is 221 Å². The Balaban J connectivity index is 0.00000324. The van der Waals surface area contributed by atoms with Crippen molar-refractivity contribution < 1.29 is 9.53 Å². The molecule has 2 aromatic carbocycles. The van der Waals surface area contributed by atoms with Gasteiger partial charge < -0.3 is 4.74 Å². The molecular formula is C25H31Cl2N3O2S2. The van der Waals surface area contributed by atoms with E-state index in [0.29, 0.717) is 18.0 Å². The molecule has 1 amide bonds. The third kappa shape index (κ3) is 7.57. The number of hydrogen-bond acceptors (Lipinski definition) is 6. The summed E-state index contributed by atoms with van der Waals surface area (Å²) in [7, 11) is 0. The van der Waals surface area contributed by atoms with E-state index in [4.69, 9.17) is 21.3 Å². The number of rotatable bonds is 10. The zero-order valence-corrected chi connectivity index (χ0v) is 22.6. The van der Waals surface area contributed by atoms with Crippen LogP contribution in [0.5, 0.6) is 0 Å².